The van der Waals surface area contributed by atoms with Crippen molar-refractivity contribution in [2.24, 2.45) is 0 Å². The Morgan fingerprint density at radius 1 is 1.50 bits per heavy atom. The van der Waals surface area contributed by atoms with E-state index in [9.17, 15) is 14.9 Å². The van der Waals surface area contributed by atoms with Crippen LogP contribution in [0.15, 0.2) is 0 Å². The highest BCUT2D eigenvalue weighted by molar-refractivity contribution is 5.81. The fourth-order valence-electron chi connectivity index (χ4n) is 1.81. The monoisotopic (exact) mass is 283 g/mol. The molecule has 0 atom stereocenters. The summed E-state index contributed by atoms with van der Waals surface area (Å²) in [5, 5.41) is 18.1. The van der Waals surface area contributed by atoms with Crippen LogP contribution in [0.2, 0.25) is 0 Å². The number of nitrogens with zero attached hydrogens (tertiary/aromatic N) is 4. The highest BCUT2D eigenvalue weighted by Crippen LogP contribution is 2.28. The van der Waals surface area contributed by atoms with Crippen molar-refractivity contribution in [2.45, 2.75) is 33.7 Å². The molecular formula is C12H21N5O3. The molecular weight excluding hydrogens is 262 g/mol. The van der Waals surface area contributed by atoms with Gasteiger partial charge in [-0.3, -0.25) is 14.9 Å². The van der Waals surface area contributed by atoms with Crippen molar-refractivity contribution in [3.05, 3.63) is 15.8 Å². The van der Waals surface area contributed by atoms with Crippen LogP contribution in [0.3, 0.4) is 0 Å². The summed E-state index contributed by atoms with van der Waals surface area (Å²) in [6.45, 7) is 6.59. The van der Waals surface area contributed by atoms with E-state index in [-0.39, 0.29) is 18.1 Å². The molecule has 0 fully saturated rings. The van der Waals surface area contributed by atoms with E-state index in [0.717, 1.165) is 6.42 Å². The summed E-state index contributed by atoms with van der Waals surface area (Å²) in [6, 6.07) is 0. The summed E-state index contributed by atoms with van der Waals surface area (Å²) >= 11 is 0. The SMILES string of the molecule is CCCn1nc(C)c([N+](=O)[O-])c1NCC(=O)N(C)CC. The van der Waals surface area contributed by atoms with Gasteiger partial charge in [0.15, 0.2) is 0 Å². The second-order valence-corrected chi connectivity index (χ2v) is 4.52. The summed E-state index contributed by atoms with van der Waals surface area (Å²) in [6.07, 6.45) is 0.801. The standard InChI is InChI=1S/C12H21N5O3/c1-5-7-16-12(11(17(19)20)9(3)14-16)13-8-10(18)15(4)6-2/h13H,5-8H2,1-4H3. The van der Waals surface area contributed by atoms with E-state index in [1.165, 1.54) is 0 Å². The molecule has 1 heterocycles. The number of carbonyl (C=O) groups excluding carboxylic acids is 1. The minimum atomic E-state index is -0.467. The van der Waals surface area contributed by atoms with E-state index >= 15 is 0 Å². The van der Waals surface area contributed by atoms with Gasteiger partial charge in [0, 0.05) is 20.1 Å². The zero-order chi connectivity index (χ0) is 15.3. The van der Waals surface area contributed by atoms with Gasteiger partial charge in [-0.1, -0.05) is 6.92 Å². The number of nitrogens with one attached hydrogen (secondary N) is 1. The van der Waals surface area contributed by atoms with Gasteiger partial charge < -0.3 is 10.2 Å². The number of amides is 1. The Balaban J connectivity index is 2.96. The number of hydrogen-bond donors (Lipinski definition) is 1. The van der Waals surface area contributed by atoms with E-state index in [2.05, 4.69) is 10.4 Å². The second-order valence-electron chi connectivity index (χ2n) is 4.52. The van der Waals surface area contributed by atoms with E-state index in [1.54, 1.807) is 23.6 Å². The molecule has 112 valence electrons. The normalized spacial score (nSPS) is 10.4. The van der Waals surface area contributed by atoms with Crippen LogP contribution in [0.5, 0.6) is 0 Å². The van der Waals surface area contributed by atoms with Crippen molar-refractivity contribution in [2.75, 3.05) is 25.5 Å². The summed E-state index contributed by atoms with van der Waals surface area (Å²) in [7, 11) is 1.69. The van der Waals surface area contributed by atoms with Crippen LogP contribution < -0.4 is 5.32 Å². The lowest BCUT2D eigenvalue weighted by molar-refractivity contribution is -0.384. The van der Waals surface area contributed by atoms with Gasteiger partial charge in [0.1, 0.15) is 5.69 Å². The molecule has 0 aromatic carbocycles. The van der Waals surface area contributed by atoms with Crippen LogP contribution in [0, 0.1) is 17.0 Å². The van der Waals surface area contributed by atoms with Crippen LogP contribution in [0.25, 0.3) is 0 Å². The van der Waals surface area contributed by atoms with Crippen molar-refractivity contribution < 1.29 is 9.72 Å². The Kier molecular flexibility index (Phi) is 5.48. The molecule has 0 saturated carbocycles. The predicted molar refractivity (Wildman–Crippen MR) is 75.7 cm³/mol. The van der Waals surface area contributed by atoms with Crippen LogP contribution in [-0.4, -0.2) is 45.6 Å². The average Bonchev–Trinajstić information content (AvgIpc) is 2.71. The summed E-state index contributed by atoms with van der Waals surface area (Å²) < 4.78 is 1.55. The summed E-state index contributed by atoms with van der Waals surface area (Å²) in [5.41, 5.74) is 0.285. The maximum Gasteiger partial charge on any atom is 0.333 e. The third-order valence-corrected chi connectivity index (χ3v) is 3.02. The zero-order valence-corrected chi connectivity index (χ0v) is 12.3. The molecule has 0 saturated heterocycles. The van der Waals surface area contributed by atoms with Crippen molar-refractivity contribution in [1.29, 1.82) is 0 Å². The average molecular weight is 283 g/mol. The maximum absolute atomic E-state index is 11.8. The lowest BCUT2D eigenvalue weighted by atomic mass is 10.3. The number of nitro groups is 1. The molecule has 20 heavy (non-hydrogen) atoms. The molecule has 0 unspecified atom stereocenters. The second kappa shape index (κ2) is 6.88. The molecule has 1 aromatic rings. The number of aromatic nitrogens is 2. The largest absolute Gasteiger partial charge is 0.355 e. The minimum Gasteiger partial charge on any atom is -0.355 e. The van der Waals surface area contributed by atoms with Gasteiger partial charge >= 0.3 is 5.69 Å². The highest BCUT2D eigenvalue weighted by Gasteiger charge is 2.25. The third-order valence-electron chi connectivity index (χ3n) is 3.02. The van der Waals surface area contributed by atoms with Crippen molar-refractivity contribution >= 4 is 17.4 Å². The lowest BCUT2D eigenvalue weighted by Gasteiger charge is -2.15. The Labute approximate surface area is 117 Å². The molecule has 0 radical (unpaired) electrons. The number of rotatable bonds is 7. The number of anilines is 1. The topological polar surface area (TPSA) is 93.3 Å². The molecule has 8 nitrogen and oxygen atoms in total. The zero-order valence-electron chi connectivity index (χ0n) is 12.3. The first-order valence-corrected chi connectivity index (χ1v) is 6.61. The molecule has 8 heteroatoms. The van der Waals surface area contributed by atoms with Crippen molar-refractivity contribution in [3.8, 4) is 0 Å². The van der Waals surface area contributed by atoms with Crippen LogP contribution in [-0.2, 0) is 11.3 Å². The first kappa shape index (κ1) is 15.9. The van der Waals surface area contributed by atoms with Gasteiger partial charge in [-0.05, 0) is 20.3 Å². The van der Waals surface area contributed by atoms with Gasteiger partial charge in [0.2, 0.25) is 11.7 Å². The molecule has 1 aromatic heterocycles. The molecule has 1 amide bonds. The molecule has 1 N–H and O–H groups in total. The van der Waals surface area contributed by atoms with Crippen LogP contribution in [0.4, 0.5) is 11.5 Å². The van der Waals surface area contributed by atoms with E-state index in [1.807, 2.05) is 13.8 Å². The minimum absolute atomic E-state index is 0.0139. The molecule has 0 bridgehead atoms. The van der Waals surface area contributed by atoms with Gasteiger partial charge in [-0.25, -0.2) is 4.68 Å². The van der Waals surface area contributed by atoms with Gasteiger partial charge in [0.05, 0.1) is 11.5 Å². The van der Waals surface area contributed by atoms with Gasteiger partial charge in [0.25, 0.3) is 0 Å². The molecule has 0 spiro atoms. The molecule has 0 aliphatic rings. The number of hydrogen-bond acceptors (Lipinski definition) is 5. The summed E-state index contributed by atoms with van der Waals surface area (Å²) in [4.78, 5) is 24.0. The number of likely N-dealkylation sites (N-methyl/N-ethyl adjacent to an activating group) is 1. The van der Waals surface area contributed by atoms with Crippen molar-refractivity contribution in [3.63, 3.8) is 0 Å². The Bertz CT molecular complexity index is 498. The maximum atomic E-state index is 11.8. The molecule has 0 aliphatic heterocycles. The van der Waals surface area contributed by atoms with E-state index in [4.69, 9.17) is 0 Å². The number of aryl methyl sites for hydroxylation is 2. The fraction of sp³-hybridized carbons (Fsp3) is 0.667. The Hall–Kier alpha value is -2.12. The Morgan fingerprint density at radius 2 is 2.15 bits per heavy atom. The van der Waals surface area contributed by atoms with Crippen LogP contribution in [0.1, 0.15) is 26.0 Å². The van der Waals surface area contributed by atoms with Gasteiger partial charge in [-0.15, -0.1) is 0 Å². The Morgan fingerprint density at radius 3 is 2.65 bits per heavy atom. The number of carbonyl (C=O) groups is 1. The van der Waals surface area contributed by atoms with E-state index < -0.39 is 4.92 Å². The smallest absolute Gasteiger partial charge is 0.333 e. The predicted octanol–water partition coefficient (Wildman–Crippen LogP) is 1.40. The third kappa shape index (κ3) is 3.46. The van der Waals surface area contributed by atoms with Gasteiger partial charge in [-0.2, -0.15) is 5.10 Å². The van der Waals surface area contributed by atoms with Crippen molar-refractivity contribution in [1.82, 2.24) is 14.7 Å². The molecule has 1 rings (SSSR count). The fourth-order valence-corrected chi connectivity index (χ4v) is 1.81. The first-order valence-electron chi connectivity index (χ1n) is 6.61. The first-order chi connectivity index (χ1) is 9.42. The highest BCUT2D eigenvalue weighted by atomic mass is 16.6. The van der Waals surface area contributed by atoms with Crippen LogP contribution >= 0.6 is 0 Å². The molecule has 0 aliphatic carbocycles. The van der Waals surface area contributed by atoms with E-state index in [0.29, 0.717) is 24.6 Å². The lowest BCUT2D eigenvalue weighted by Crippen LogP contribution is -2.32. The quantitative estimate of drug-likeness (QED) is 0.603. The summed E-state index contributed by atoms with van der Waals surface area (Å²) in [5.74, 6) is 0.177.